The molecule has 0 saturated heterocycles. The summed E-state index contributed by atoms with van der Waals surface area (Å²) in [6.07, 6.45) is -1.78. The topological polar surface area (TPSA) is 78.7 Å². The standard InChI is InChI=1S/C13H13F3N4OS/c1-12(7-17,8-2-3-8)20-10(21)6-22-11-18-5-4-9(19-11)13(14,15)16/h4-5,8H,2-3,6H2,1H3,(H,20,21). The van der Waals surface area contributed by atoms with Gasteiger partial charge in [0.1, 0.15) is 11.2 Å². The van der Waals surface area contributed by atoms with E-state index < -0.39 is 23.3 Å². The number of nitriles is 1. The average molecular weight is 330 g/mol. The molecular formula is C13H13F3N4OS. The molecule has 1 atom stereocenters. The molecule has 1 amide bonds. The molecule has 0 aliphatic heterocycles. The smallest absolute Gasteiger partial charge is 0.337 e. The first-order valence-corrected chi connectivity index (χ1v) is 7.48. The number of carbonyl (C=O) groups is 1. The molecule has 1 N–H and O–H groups in total. The SMILES string of the molecule is CC(C#N)(NC(=O)CSc1nccc(C(F)(F)F)n1)C1CC1. The summed E-state index contributed by atoms with van der Waals surface area (Å²) in [6.45, 7) is 1.65. The molecule has 0 aromatic carbocycles. The number of alkyl halides is 3. The molecule has 22 heavy (non-hydrogen) atoms. The number of amides is 1. The summed E-state index contributed by atoms with van der Waals surface area (Å²) >= 11 is 0.798. The van der Waals surface area contributed by atoms with Crippen LogP contribution in [-0.2, 0) is 11.0 Å². The Morgan fingerprint density at radius 3 is 2.77 bits per heavy atom. The number of hydrogen-bond donors (Lipinski definition) is 1. The molecular weight excluding hydrogens is 317 g/mol. The van der Waals surface area contributed by atoms with Gasteiger partial charge in [-0.25, -0.2) is 9.97 Å². The molecule has 1 unspecified atom stereocenters. The van der Waals surface area contributed by atoms with Crippen molar-refractivity contribution in [2.75, 3.05) is 5.75 Å². The Kier molecular flexibility index (Phi) is 4.60. The van der Waals surface area contributed by atoms with Crippen LogP contribution in [0, 0.1) is 17.2 Å². The lowest BCUT2D eigenvalue weighted by atomic mass is 9.98. The van der Waals surface area contributed by atoms with Gasteiger partial charge in [0, 0.05) is 6.20 Å². The van der Waals surface area contributed by atoms with Crippen LogP contribution in [0.2, 0.25) is 0 Å². The van der Waals surface area contributed by atoms with E-state index in [2.05, 4.69) is 21.4 Å². The van der Waals surface area contributed by atoms with Crippen LogP contribution in [0.1, 0.15) is 25.5 Å². The fourth-order valence-corrected chi connectivity index (χ4v) is 2.54. The highest BCUT2D eigenvalue weighted by atomic mass is 32.2. The van der Waals surface area contributed by atoms with Gasteiger partial charge >= 0.3 is 6.18 Å². The van der Waals surface area contributed by atoms with Crippen molar-refractivity contribution in [2.45, 2.75) is 36.6 Å². The second kappa shape index (κ2) is 6.12. The fraction of sp³-hybridized carbons (Fsp3) is 0.538. The van der Waals surface area contributed by atoms with E-state index in [0.29, 0.717) is 0 Å². The van der Waals surface area contributed by atoms with Gasteiger partial charge in [-0.1, -0.05) is 11.8 Å². The van der Waals surface area contributed by atoms with E-state index in [9.17, 15) is 18.0 Å². The van der Waals surface area contributed by atoms with Crippen LogP contribution in [0.3, 0.4) is 0 Å². The number of thioether (sulfide) groups is 1. The molecule has 1 aromatic rings. The largest absolute Gasteiger partial charge is 0.433 e. The zero-order valence-corrected chi connectivity index (χ0v) is 12.5. The molecule has 0 bridgehead atoms. The first kappa shape index (κ1) is 16.5. The molecule has 1 aliphatic carbocycles. The lowest BCUT2D eigenvalue weighted by molar-refractivity contribution is -0.141. The molecule has 1 saturated carbocycles. The van der Waals surface area contributed by atoms with E-state index in [1.54, 1.807) is 6.92 Å². The highest BCUT2D eigenvalue weighted by molar-refractivity contribution is 7.99. The average Bonchev–Trinajstić information content (AvgIpc) is 3.29. The maximum Gasteiger partial charge on any atom is 0.433 e. The highest BCUT2D eigenvalue weighted by Gasteiger charge is 2.43. The summed E-state index contributed by atoms with van der Waals surface area (Å²) < 4.78 is 37.5. The van der Waals surface area contributed by atoms with Crippen molar-refractivity contribution in [1.29, 1.82) is 5.26 Å². The monoisotopic (exact) mass is 330 g/mol. The van der Waals surface area contributed by atoms with Crippen LogP contribution in [-0.4, -0.2) is 27.2 Å². The van der Waals surface area contributed by atoms with Gasteiger partial charge in [0.05, 0.1) is 11.8 Å². The molecule has 1 aromatic heterocycles. The third kappa shape index (κ3) is 4.10. The van der Waals surface area contributed by atoms with E-state index in [-0.39, 0.29) is 16.8 Å². The number of nitrogens with one attached hydrogen (secondary N) is 1. The zero-order valence-electron chi connectivity index (χ0n) is 11.6. The first-order chi connectivity index (χ1) is 10.2. The molecule has 118 valence electrons. The second-order valence-corrected chi connectivity index (χ2v) is 6.09. The maximum atomic E-state index is 12.5. The van der Waals surface area contributed by atoms with E-state index in [4.69, 9.17) is 5.26 Å². The van der Waals surface area contributed by atoms with Crippen molar-refractivity contribution in [3.8, 4) is 6.07 Å². The van der Waals surface area contributed by atoms with Crippen molar-refractivity contribution in [3.63, 3.8) is 0 Å². The van der Waals surface area contributed by atoms with Gasteiger partial charge in [-0.15, -0.1) is 0 Å². The Labute approximate surface area is 129 Å². The molecule has 0 spiro atoms. The molecule has 5 nitrogen and oxygen atoms in total. The zero-order chi connectivity index (χ0) is 16.4. The Balaban J connectivity index is 1.93. The molecule has 0 radical (unpaired) electrons. The molecule has 1 fully saturated rings. The third-order valence-electron chi connectivity index (χ3n) is 3.28. The summed E-state index contributed by atoms with van der Waals surface area (Å²) in [5, 5.41) is 11.6. The van der Waals surface area contributed by atoms with Gasteiger partial charge in [-0.3, -0.25) is 4.79 Å². The predicted octanol–water partition coefficient (Wildman–Crippen LogP) is 2.40. The Bertz CT molecular complexity index is 612. The Hall–Kier alpha value is -1.82. The molecule has 1 heterocycles. The van der Waals surface area contributed by atoms with Crippen LogP contribution in [0.4, 0.5) is 13.2 Å². The number of nitrogens with zero attached hydrogens (tertiary/aromatic N) is 3. The number of aromatic nitrogens is 2. The second-order valence-electron chi connectivity index (χ2n) is 5.15. The Morgan fingerprint density at radius 1 is 1.55 bits per heavy atom. The predicted molar refractivity (Wildman–Crippen MR) is 72.6 cm³/mol. The van der Waals surface area contributed by atoms with Crippen LogP contribution < -0.4 is 5.32 Å². The number of rotatable bonds is 5. The van der Waals surface area contributed by atoms with Crippen LogP contribution in [0.25, 0.3) is 0 Å². The van der Waals surface area contributed by atoms with Crippen LogP contribution in [0.5, 0.6) is 0 Å². The minimum atomic E-state index is -4.55. The highest BCUT2D eigenvalue weighted by Crippen LogP contribution is 2.39. The van der Waals surface area contributed by atoms with Crippen molar-refractivity contribution in [2.24, 2.45) is 5.92 Å². The Morgan fingerprint density at radius 2 is 2.23 bits per heavy atom. The lowest BCUT2D eigenvalue weighted by Crippen LogP contribution is -2.47. The molecule has 2 rings (SSSR count). The number of hydrogen-bond acceptors (Lipinski definition) is 5. The van der Waals surface area contributed by atoms with Crippen molar-refractivity contribution < 1.29 is 18.0 Å². The van der Waals surface area contributed by atoms with Crippen molar-refractivity contribution in [1.82, 2.24) is 15.3 Å². The number of halogens is 3. The third-order valence-corrected chi connectivity index (χ3v) is 4.14. The van der Waals surface area contributed by atoms with Crippen LogP contribution >= 0.6 is 11.8 Å². The van der Waals surface area contributed by atoms with Gasteiger partial charge < -0.3 is 5.32 Å². The maximum absolute atomic E-state index is 12.5. The minimum absolute atomic E-state index is 0.130. The summed E-state index contributed by atoms with van der Waals surface area (Å²) in [5.41, 5.74) is -1.97. The first-order valence-electron chi connectivity index (χ1n) is 6.50. The summed E-state index contributed by atoms with van der Waals surface area (Å²) in [5.74, 6) is -0.441. The summed E-state index contributed by atoms with van der Waals surface area (Å²) in [6, 6.07) is 2.85. The van der Waals surface area contributed by atoms with Crippen molar-refractivity contribution >= 4 is 17.7 Å². The van der Waals surface area contributed by atoms with Crippen LogP contribution in [0.15, 0.2) is 17.4 Å². The fourth-order valence-electron chi connectivity index (χ4n) is 1.91. The molecule has 1 aliphatic rings. The normalized spacial score (nSPS) is 17.4. The molecule has 9 heteroatoms. The van der Waals surface area contributed by atoms with Gasteiger partial charge in [0.15, 0.2) is 5.16 Å². The lowest BCUT2D eigenvalue weighted by Gasteiger charge is -2.22. The van der Waals surface area contributed by atoms with E-state index in [0.717, 1.165) is 36.9 Å². The van der Waals surface area contributed by atoms with E-state index >= 15 is 0 Å². The summed E-state index contributed by atoms with van der Waals surface area (Å²) in [7, 11) is 0. The number of carbonyl (C=O) groups excluding carboxylic acids is 1. The van der Waals surface area contributed by atoms with Gasteiger partial charge in [-0.2, -0.15) is 18.4 Å². The van der Waals surface area contributed by atoms with E-state index in [1.807, 2.05) is 0 Å². The van der Waals surface area contributed by atoms with E-state index in [1.165, 1.54) is 0 Å². The van der Waals surface area contributed by atoms with Gasteiger partial charge in [0.25, 0.3) is 0 Å². The summed E-state index contributed by atoms with van der Waals surface area (Å²) in [4.78, 5) is 18.9. The minimum Gasteiger partial charge on any atom is -0.337 e. The van der Waals surface area contributed by atoms with Gasteiger partial charge in [-0.05, 0) is 31.7 Å². The van der Waals surface area contributed by atoms with Crippen molar-refractivity contribution in [3.05, 3.63) is 18.0 Å². The van der Waals surface area contributed by atoms with Gasteiger partial charge in [0.2, 0.25) is 5.91 Å². The quantitative estimate of drug-likeness (QED) is 0.662.